The van der Waals surface area contributed by atoms with E-state index in [4.69, 9.17) is 4.74 Å². The van der Waals surface area contributed by atoms with E-state index in [1.807, 2.05) is 74.5 Å². The van der Waals surface area contributed by atoms with Crippen LogP contribution in [0.5, 0.6) is 11.5 Å². The summed E-state index contributed by atoms with van der Waals surface area (Å²) in [6, 6.07) is 22.4. The molecule has 0 aromatic heterocycles. The fraction of sp³-hybridized carbons (Fsp3) is 0.0870. The van der Waals surface area contributed by atoms with E-state index in [1.54, 1.807) is 18.2 Å². The Kier molecular flexibility index (Phi) is 5.18. The van der Waals surface area contributed by atoms with Crippen molar-refractivity contribution in [2.24, 2.45) is 0 Å². The lowest BCUT2D eigenvalue weighted by atomic mass is 10.0. The molecular weight excluding hydrogens is 324 g/mol. The van der Waals surface area contributed by atoms with Gasteiger partial charge in [0.1, 0.15) is 11.5 Å². The van der Waals surface area contributed by atoms with Crippen LogP contribution in [0.1, 0.15) is 22.3 Å². The number of carbonyl (C=O) groups is 1. The Hall–Kier alpha value is -3.33. The zero-order chi connectivity index (χ0) is 18.5. The van der Waals surface area contributed by atoms with Gasteiger partial charge in [0, 0.05) is 0 Å². The van der Waals surface area contributed by atoms with E-state index in [2.05, 4.69) is 0 Å². The Morgan fingerprint density at radius 3 is 2.23 bits per heavy atom. The van der Waals surface area contributed by atoms with Gasteiger partial charge in [-0.25, -0.2) is 4.79 Å². The van der Waals surface area contributed by atoms with E-state index in [0.29, 0.717) is 11.3 Å². The van der Waals surface area contributed by atoms with E-state index < -0.39 is 5.97 Å². The Morgan fingerprint density at radius 2 is 1.58 bits per heavy atom. The van der Waals surface area contributed by atoms with E-state index >= 15 is 0 Å². The smallest absolute Gasteiger partial charge is 0.336 e. The summed E-state index contributed by atoms with van der Waals surface area (Å²) in [6.07, 6.45) is 1.67. The fourth-order valence-corrected chi connectivity index (χ4v) is 2.65. The highest BCUT2D eigenvalue weighted by Gasteiger charge is 2.10. The Balaban J connectivity index is 1.85. The lowest BCUT2D eigenvalue weighted by molar-refractivity contribution is -0.130. The minimum Gasteiger partial charge on any atom is -0.478 e. The summed E-state index contributed by atoms with van der Waals surface area (Å²) in [5.41, 5.74) is 4.02. The third-order valence-electron chi connectivity index (χ3n) is 4.29. The third kappa shape index (κ3) is 4.01. The molecule has 26 heavy (non-hydrogen) atoms. The van der Waals surface area contributed by atoms with Crippen molar-refractivity contribution in [1.29, 1.82) is 0 Å². The molecule has 3 nitrogen and oxygen atoms in total. The number of ether oxygens (including phenoxy) is 1. The number of aliphatic carboxylic acids is 1. The molecular formula is C23H20O3. The van der Waals surface area contributed by atoms with Gasteiger partial charge < -0.3 is 9.84 Å². The SMILES string of the molecule is Cc1cccc(Oc2ccc(/C=C(\C(=O)O)c3ccccc3)cc2)c1C. The molecule has 0 atom stereocenters. The molecule has 0 aliphatic rings. The molecule has 0 bridgehead atoms. The maximum Gasteiger partial charge on any atom is 0.336 e. The van der Waals surface area contributed by atoms with Gasteiger partial charge in [-0.1, -0.05) is 54.6 Å². The standard InChI is InChI=1S/C23H20O3/c1-16-7-6-10-22(17(16)2)26-20-13-11-18(12-14-20)15-21(23(24)25)19-8-4-3-5-9-19/h3-15H,1-2H3,(H,24,25)/b21-15-. The largest absolute Gasteiger partial charge is 0.478 e. The summed E-state index contributed by atoms with van der Waals surface area (Å²) in [4.78, 5) is 11.6. The van der Waals surface area contributed by atoms with Crippen LogP contribution in [-0.2, 0) is 4.79 Å². The van der Waals surface area contributed by atoms with E-state index in [1.165, 1.54) is 5.56 Å². The third-order valence-corrected chi connectivity index (χ3v) is 4.29. The van der Waals surface area contributed by atoms with Gasteiger partial charge in [-0.2, -0.15) is 0 Å². The first-order valence-corrected chi connectivity index (χ1v) is 8.39. The first-order chi connectivity index (χ1) is 12.5. The van der Waals surface area contributed by atoms with Crippen molar-refractivity contribution in [3.63, 3.8) is 0 Å². The van der Waals surface area contributed by atoms with Gasteiger partial charge >= 0.3 is 5.97 Å². The summed E-state index contributed by atoms with van der Waals surface area (Å²) in [7, 11) is 0. The van der Waals surface area contributed by atoms with Crippen molar-refractivity contribution in [3.05, 3.63) is 95.1 Å². The lowest BCUT2D eigenvalue weighted by Crippen LogP contribution is -1.99. The van der Waals surface area contributed by atoms with Crippen LogP contribution in [0.4, 0.5) is 0 Å². The second kappa shape index (κ2) is 7.70. The van der Waals surface area contributed by atoms with Crippen LogP contribution in [0.3, 0.4) is 0 Å². The van der Waals surface area contributed by atoms with Gasteiger partial charge in [-0.15, -0.1) is 0 Å². The number of carboxylic acid groups (broad SMARTS) is 1. The quantitative estimate of drug-likeness (QED) is 0.475. The van der Waals surface area contributed by atoms with Crippen LogP contribution in [0.15, 0.2) is 72.8 Å². The number of benzene rings is 3. The van der Waals surface area contributed by atoms with Crippen molar-refractivity contribution < 1.29 is 14.6 Å². The minimum atomic E-state index is -0.952. The normalized spacial score (nSPS) is 11.2. The van der Waals surface area contributed by atoms with Gasteiger partial charge in [0.2, 0.25) is 0 Å². The lowest BCUT2D eigenvalue weighted by Gasteiger charge is -2.10. The van der Waals surface area contributed by atoms with Crippen LogP contribution in [0.2, 0.25) is 0 Å². The first kappa shape index (κ1) is 17.5. The highest BCUT2D eigenvalue weighted by Crippen LogP contribution is 2.27. The van der Waals surface area contributed by atoms with Gasteiger partial charge in [-0.05, 0) is 60.4 Å². The highest BCUT2D eigenvalue weighted by atomic mass is 16.5. The number of carboxylic acids is 1. The van der Waals surface area contributed by atoms with Gasteiger partial charge in [0.15, 0.2) is 0 Å². The Morgan fingerprint density at radius 1 is 0.885 bits per heavy atom. The molecule has 3 rings (SSSR count). The topological polar surface area (TPSA) is 46.5 Å². The van der Waals surface area contributed by atoms with Crippen molar-refractivity contribution in [2.45, 2.75) is 13.8 Å². The molecule has 0 heterocycles. The second-order valence-electron chi connectivity index (χ2n) is 6.10. The fourth-order valence-electron chi connectivity index (χ4n) is 2.65. The average Bonchev–Trinajstić information content (AvgIpc) is 2.65. The van der Waals surface area contributed by atoms with Crippen molar-refractivity contribution in [3.8, 4) is 11.5 Å². The molecule has 3 aromatic rings. The predicted octanol–water partition coefficient (Wildman–Crippen LogP) is 5.72. The summed E-state index contributed by atoms with van der Waals surface area (Å²) in [6.45, 7) is 4.08. The maximum absolute atomic E-state index is 11.6. The van der Waals surface area contributed by atoms with Crippen LogP contribution in [0, 0.1) is 13.8 Å². The average molecular weight is 344 g/mol. The summed E-state index contributed by atoms with van der Waals surface area (Å²) in [5.74, 6) is 0.586. The summed E-state index contributed by atoms with van der Waals surface area (Å²) >= 11 is 0. The van der Waals surface area contributed by atoms with Gasteiger partial charge in [0.25, 0.3) is 0 Å². The van der Waals surface area contributed by atoms with Gasteiger partial charge in [-0.3, -0.25) is 0 Å². The molecule has 0 saturated heterocycles. The van der Waals surface area contributed by atoms with Gasteiger partial charge in [0.05, 0.1) is 5.57 Å². The molecule has 1 N–H and O–H groups in total. The van der Waals surface area contributed by atoms with E-state index in [9.17, 15) is 9.90 Å². The molecule has 3 aromatic carbocycles. The summed E-state index contributed by atoms with van der Waals surface area (Å²) in [5, 5.41) is 9.50. The molecule has 0 unspecified atom stereocenters. The molecule has 0 amide bonds. The van der Waals surface area contributed by atoms with Crippen molar-refractivity contribution >= 4 is 17.6 Å². The minimum absolute atomic E-state index is 0.258. The van der Waals surface area contributed by atoms with Crippen LogP contribution in [-0.4, -0.2) is 11.1 Å². The molecule has 0 aliphatic carbocycles. The van der Waals surface area contributed by atoms with Crippen molar-refractivity contribution in [1.82, 2.24) is 0 Å². The van der Waals surface area contributed by atoms with Crippen molar-refractivity contribution in [2.75, 3.05) is 0 Å². The Labute approximate surface area is 153 Å². The first-order valence-electron chi connectivity index (χ1n) is 8.39. The van der Waals surface area contributed by atoms with Crippen LogP contribution >= 0.6 is 0 Å². The number of aryl methyl sites for hydroxylation is 1. The maximum atomic E-state index is 11.6. The number of hydrogen-bond acceptors (Lipinski definition) is 2. The zero-order valence-corrected chi connectivity index (χ0v) is 14.8. The molecule has 0 aliphatic heterocycles. The second-order valence-corrected chi connectivity index (χ2v) is 6.10. The predicted molar refractivity (Wildman–Crippen MR) is 104 cm³/mol. The monoisotopic (exact) mass is 344 g/mol. The molecule has 0 saturated carbocycles. The van der Waals surface area contributed by atoms with Crippen LogP contribution < -0.4 is 4.74 Å². The highest BCUT2D eigenvalue weighted by molar-refractivity contribution is 6.20. The number of hydrogen-bond donors (Lipinski definition) is 1. The molecule has 130 valence electrons. The Bertz CT molecular complexity index is 939. The van der Waals surface area contributed by atoms with E-state index in [-0.39, 0.29) is 5.57 Å². The molecule has 0 radical (unpaired) electrons. The number of rotatable bonds is 5. The molecule has 3 heteroatoms. The molecule has 0 spiro atoms. The van der Waals surface area contributed by atoms with E-state index in [0.717, 1.165) is 16.9 Å². The molecule has 0 fully saturated rings. The van der Waals surface area contributed by atoms with Crippen LogP contribution in [0.25, 0.3) is 11.6 Å². The zero-order valence-electron chi connectivity index (χ0n) is 14.8. The summed E-state index contributed by atoms with van der Waals surface area (Å²) < 4.78 is 5.95.